The molecule has 2 rings (SSSR count). The Hall–Kier alpha value is -0.910. The Balaban J connectivity index is 2.09. The molecule has 2 atom stereocenters. The van der Waals surface area contributed by atoms with Crippen LogP contribution >= 0.6 is 0 Å². The summed E-state index contributed by atoms with van der Waals surface area (Å²) in [4.78, 5) is 2.38. The molecule has 0 bridgehead atoms. The zero-order chi connectivity index (χ0) is 14.5. The van der Waals surface area contributed by atoms with Crippen molar-refractivity contribution >= 4 is 0 Å². The summed E-state index contributed by atoms with van der Waals surface area (Å²) in [5.41, 5.74) is 1.25. The standard InChI is InChI=1S/C15H28N4O/c1-5-6-16-10-14-15(18(4)7-8-20-14)13-9-17-19(11-13)12(2)3/h9,11-12,14-16H,5-8,10H2,1-4H3. The van der Waals surface area contributed by atoms with Crippen molar-refractivity contribution in [2.45, 2.75) is 45.4 Å². The molecule has 5 heteroatoms. The van der Waals surface area contributed by atoms with Gasteiger partial charge < -0.3 is 10.1 Å². The zero-order valence-corrected chi connectivity index (χ0v) is 13.2. The molecule has 1 aromatic heterocycles. The SMILES string of the molecule is CCCNCC1OCCN(C)C1c1cnn(C(C)C)c1. The average Bonchev–Trinajstić information content (AvgIpc) is 2.88. The second-order valence-corrected chi connectivity index (χ2v) is 5.89. The van der Waals surface area contributed by atoms with Gasteiger partial charge in [-0.3, -0.25) is 9.58 Å². The van der Waals surface area contributed by atoms with Crippen LogP contribution < -0.4 is 5.32 Å². The van der Waals surface area contributed by atoms with E-state index in [4.69, 9.17) is 4.74 Å². The van der Waals surface area contributed by atoms with E-state index < -0.39 is 0 Å². The molecule has 114 valence electrons. The minimum Gasteiger partial charge on any atom is -0.374 e. The molecule has 1 aliphatic rings. The van der Waals surface area contributed by atoms with Crippen LogP contribution in [0.25, 0.3) is 0 Å². The lowest BCUT2D eigenvalue weighted by Crippen LogP contribution is -2.47. The predicted octanol–water partition coefficient (Wildman–Crippen LogP) is 1.84. The van der Waals surface area contributed by atoms with Crippen molar-refractivity contribution < 1.29 is 4.74 Å². The lowest BCUT2D eigenvalue weighted by atomic mass is 10.0. The molecule has 1 aliphatic heterocycles. The maximum atomic E-state index is 5.99. The Kier molecular flexibility index (Phi) is 5.57. The molecule has 1 aromatic rings. The molecule has 0 spiro atoms. The smallest absolute Gasteiger partial charge is 0.0897 e. The highest BCUT2D eigenvalue weighted by molar-refractivity contribution is 5.14. The Bertz CT molecular complexity index is 404. The van der Waals surface area contributed by atoms with E-state index in [2.05, 4.69) is 49.3 Å². The molecule has 2 heterocycles. The molecule has 0 saturated carbocycles. The minimum atomic E-state index is 0.199. The molecule has 1 N–H and O–H groups in total. The number of ether oxygens (including phenoxy) is 1. The van der Waals surface area contributed by atoms with E-state index in [9.17, 15) is 0 Å². The quantitative estimate of drug-likeness (QED) is 0.807. The van der Waals surface area contributed by atoms with Gasteiger partial charge in [-0.15, -0.1) is 0 Å². The third-order valence-electron chi connectivity index (χ3n) is 3.87. The molecule has 20 heavy (non-hydrogen) atoms. The molecule has 1 fully saturated rings. The van der Waals surface area contributed by atoms with Crippen molar-refractivity contribution in [1.82, 2.24) is 20.0 Å². The lowest BCUT2D eigenvalue weighted by Gasteiger charge is -2.38. The van der Waals surface area contributed by atoms with E-state index in [1.165, 1.54) is 5.56 Å². The van der Waals surface area contributed by atoms with E-state index >= 15 is 0 Å². The monoisotopic (exact) mass is 280 g/mol. The maximum absolute atomic E-state index is 5.99. The number of morpholine rings is 1. The van der Waals surface area contributed by atoms with Crippen molar-refractivity contribution in [1.29, 1.82) is 0 Å². The number of nitrogens with zero attached hydrogens (tertiary/aromatic N) is 3. The van der Waals surface area contributed by atoms with Gasteiger partial charge in [0.15, 0.2) is 0 Å². The summed E-state index contributed by atoms with van der Waals surface area (Å²) >= 11 is 0. The van der Waals surface area contributed by atoms with Gasteiger partial charge in [0.25, 0.3) is 0 Å². The first kappa shape index (κ1) is 15.5. The van der Waals surface area contributed by atoms with Gasteiger partial charge in [0.2, 0.25) is 0 Å². The molecule has 0 aliphatic carbocycles. The van der Waals surface area contributed by atoms with Crippen LogP contribution in [0.2, 0.25) is 0 Å². The first-order chi connectivity index (χ1) is 9.63. The lowest BCUT2D eigenvalue weighted by molar-refractivity contribution is -0.0613. The van der Waals surface area contributed by atoms with Crippen molar-refractivity contribution in [2.24, 2.45) is 0 Å². The summed E-state index contributed by atoms with van der Waals surface area (Å²) in [6.45, 7) is 10.2. The summed E-state index contributed by atoms with van der Waals surface area (Å²) in [7, 11) is 2.17. The van der Waals surface area contributed by atoms with Gasteiger partial charge >= 0.3 is 0 Å². The van der Waals surface area contributed by atoms with Gasteiger partial charge in [0.05, 0.1) is 24.9 Å². The van der Waals surface area contributed by atoms with Gasteiger partial charge in [-0.2, -0.15) is 5.10 Å². The van der Waals surface area contributed by atoms with Crippen LogP contribution in [0.4, 0.5) is 0 Å². The molecule has 0 radical (unpaired) electrons. The largest absolute Gasteiger partial charge is 0.374 e. The molecule has 0 aromatic carbocycles. The summed E-state index contributed by atoms with van der Waals surface area (Å²) in [6, 6.07) is 0.691. The molecule has 5 nitrogen and oxygen atoms in total. The average molecular weight is 280 g/mol. The fourth-order valence-corrected chi connectivity index (χ4v) is 2.71. The fraction of sp³-hybridized carbons (Fsp3) is 0.800. The number of rotatable bonds is 6. The normalized spacial score (nSPS) is 24.4. The summed E-state index contributed by atoms with van der Waals surface area (Å²) in [5.74, 6) is 0. The summed E-state index contributed by atoms with van der Waals surface area (Å²) in [5, 5.41) is 7.95. The van der Waals surface area contributed by atoms with E-state index in [1.54, 1.807) is 0 Å². The molecule has 0 amide bonds. The van der Waals surface area contributed by atoms with Crippen LogP contribution in [0.1, 0.15) is 44.8 Å². The second-order valence-electron chi connectivity index (χ2n) is 5.89. The predicted molar refractivity (Wildman–Crippen MR) is 80.9 cm³/mol. The number of aromatic nitrogens is 2. The van der Waals surface area contributed by atoms with Crippen LogP contribution in [0, 0.1) is 0 Å². The van der Waals surface area contributed by atoms with Crippen LogP contribution in [0.15, 0.2) is 12.4 Å². The van der Waals surface area contributed by atoms with E-state index in [-0.39, 0.29) is 6.10 Å². The van der Waals surface area contributed by atoms with Gasteiger partial charge in [0, 0.05) is 30.9 Å². The first-order valence-corrected chi connectivity index (χ1v) is 7.70. The zero-order valence-electron chi connectivity index (χ0n) is 13.2. The van der Waals surface area contributed by atoms with Gasteiger partial charge in [-0.1, -0.05) is 6.92 Å². The van der Waals surface area contributed by atoms with Crippen LogP contribution in [-0.2, 0) is 4.74 Å². The van der Waals surface area contributed by atoms with Crippen molar-refractivity contribution in [3.05, 3.63) is 18.0 Å². The summed E-state index contributed by atoms with van der Waals surface area (Å²) in [6.07, 6.45) is 5.50. The number of hydrogen-bond acceptors (Lipinski definition) is 4. The molecular formula is C15H28N4O. The topological polar surface area (TPSA) is 42.3 Å². The number of nitrogens with one attached hydrogen (secondary N) is 1. The van der Waals surface area contributed by atoms with Crippen LogP contribution in [0.5, 0.6) is 0 Å². The number of hydrogen-bond donors (Lipinski definition) is 1. The van der Waals surface area contributed by atoms with E-state index in [0.717, 1.165) is 32.7 Å². The highest BCUT2D eigenvalue weighted by atomic mass is 16.5. The second kappa shape index (κ2) is 7.20. The summed E-state index contributed by atoms with van der Waals surface area (Å²) < 4.78 is 8.01. The molecular weight excluding hydrogens is 252 g/mol. The molecule has 2 unspecified atom stereocenters. The van der Waals surface area contributed by atoms with Gasteiger partial charge in [0.1, 0.15) is 0 Å². The van der Waals surface area contributed by atoms with Crippen molar-refractivity contribution in [3.63, 3.8) is 0 Å². The Morgan fingerprint density at radius 1 is 1.50 bits per heavy atom. The minimum absolute atomic E-state index is 0.199. The van der Waals surface area contributed by atoms with E-state index in [0.29, 0.717) is 12.1 Å². The number of likely N-dealkylation sites (N-methyl/N-ethyl adjacent to an activating group) is 1. The van der Waals surface area contributed by atoms with Crippen molar-refractivity contribution in [2.75, 3.05) is 33.3 Å². The van der Waals surface area contributed by atoms with Gasteiger partial charge in [-0.25, -0.2) is 0 Å². The highest BCUT2D eigenvalue weighted by Crippen LogP contribution is 2.28. The Morgan fingerprint density at radius 3 is 2.95 bits per heavy atom. The van der Waals surface area contributed by atoms with Crippen LogP contribution in [-0.4, -0.2) is 54.1 Å². The first-order valence-electron chi connectivity index (χ1n) is 7.70. The highest BCUT2D eigenvalue weighted by Gasteiger charge is 2.32. The third-order valence-corrected chi connectivity index (χ3v) is 3.87. The fourth-order valence-electron chi connectivity index (χ4n) is 2.71. The molecule has 1 saturated heterocycles. The third kappa shape index (κ3) is 3.59. The van der Waals surface area contributed by atoms with Crippen LogP contribution in [0.3, 0.4) is 0 Å². The maximum Gasteiger partial charge on any atom is 0.0897 e. The Labute approximate surface area is 122 Å². The van der Waals surface area contributed by atoms with Gasteiger partial charge in [-0.05, 0) is 33.9 Å². The Morgan fingerprint density at radius 2 is 2.30 bits per heavy atom. The van der Waals surface area contributed by atoms with E-state index in [1.807, 2.05) is 10.9 Å². The van der Waals surface area contributed by atoms with Crippen molar-refractivity contribution in [3.8, 4) is 0 Å².